The molecule has 4 heteroatoms. The Bertz CT molecular complexity index is 574. The molecule has 0 unspecified atom stereocenters. The van der Waals surface area contributed by atoms with Crippen molar-refractivity contribution in [3.05, 3.63) is 57.5 Å². The highest BCUT2D eigenvalue weighted by atomic mass is 79.9. The van der Waals surface area contributed by atoms with Crippen LogP contribution in [0.25, 0.3) is 0 Å². The summed E-state index contributed by atoms with van der Waals surface area (Å²) in [4.78, 5) is 0. The van der Waals surface area contributed by atoms with E-state index in [1.54, 1.807) is 0 Å². The van der Waals surface area contributed by atoms with Gasteiger partial charge in [-0.3, -0.25) is 0 Å². The van der Waals surface area contributed by atoms with Gasteiger partial charge in [0.1, 0.15) is 5.75 Å². The molecule has 1 N–H and O–H groups in total. The first-order valence-electron chi connectivity index (χ1n) is 6.59. The molecule has 0 saturated heterocycles. The van der Waals surface area contributed by atoms with Crippen molar-refractivity contribution in [2.45, 2.75) is 19.9 Å². The lowest BCUT2D eigenvalue weighted by Gasteiger charge is -2.13. The molecule has 0 aliphatic carbocycles. The average Bonchev–Trinajstić information content (AvgIpc) is 2.44. The number of nitrogens with one attached hydrogen (secondary N) is 1. The van der Waals surface area contributed by atoms with E-state index in [1.165, 1.54) is 0 Å². The normalized spacial score (nSPS) is 10.3. The van der Waals surface area contributed by atoms with Crippen LogP contribution < -0.4 is 10.1 Å². The molecule has 0 aliphatic rings. The van der Waals surface area contributed by atoms with E-state index in [2.05, 4.69) is 34.2 Å². The molecule has 0 amide bonds. The fraction of sp³-hybridized carbons (Fsp3) is 0.250. The van der Waals surface area contributed by atoms with Gasteiger partial charge in [-0.2, -0.15) is 0 Å². The first-order valence-corrected chi connectivity index (χ1v) is 7.77. The molecule has 2 aromatic carbocycles. The van der Waals surface area contributed by atoms with E-state index in [9.17, 15) is 0 Å². The third kappa shape index (κ3) is 4.43. The second-order valence-electron chi connectivity index (χ2n) is 4.46. The van der Waals surface area contributed by atoms with Crippen molar-refractivity contribution >= 4 is 33.2 Å². The maximum Gasteiger partial charge on any atom is 0.124 e. The summed E-state index contributed by atoms with van der Waals surface area (Å²) in [5.41, 5.74) is 2.12. The second kappa shape index (κ2) is 7.55. The van der Waals surface area contributed by atoms with E-state index in [-0.39, 0.29) is 0 Å². The Hall–Kier alpha value is -1.19. The van der Waals surface area contributed by atoms with Crippen LogP contribution in [-0.2, 0) is 6.54 Å². The smallest absolute Gasteiger partial charge is 0.124 e. The SMILES string of the molecule is CCCOc1ccc(Br)cc1CNc1cccc(Cl)c1. The predicted octanol–water partition coefficient (Wildman–Crippen LogP) is 5.50. The molecule has 0 aromatic heterocycles. The maximum absolute atomic E-state index is 5.98. The monoisotopic (exact) mass is 353 g/mol. The van der Waals surface area contributed by atoms with Gasteiger partial charge >= 0.3 is 0 Å². The van der Waals surface area contributed by atoms with Crippen LogP contribution >= 0.6 is 27.5 Å². The Morgan fingerprint density at radius 3 is 2.80 bits per heavy atom. The van der Waals surface area contributed by atoms with E-state index in [0.29, 0.717) is 6.54 Å². The third-order valence-corrected chi connectivity index (χ3v) is 3.52. The van der Waals surface area contributed by atoms with E-state index in [0.717, 1.165) is 39.5 Å². The van der Waals surface area contributed by atoms with Gasteiger partial charge in [-0.05, 0) is 42.8 Å². The molecule has 0 radical (unpaired) electrons. The fourth-order valence-electron chi connectivity index (χ4n) is 1.83. The van der Waals surface area contributed by atoms with Gasteiger partial charge in [0.05, 0.1) is 6.61 Å². The number of hydrogen-bond acceptors (Lipinski definition) is 2. The molecule has 0 spiro atoms. The van der Waals surface area contributed by atoms with Crippen LogP contribution in [0.3, 0.4) is 0 Å². The molecule has 0 saturated carbocycles. The summed E-state index contributed by atoms with van der Waals surface area (Å²) in [5.74, 6) is 0.921. The summed E-state index contributed by atoms with van der Waals surface area (Å²) in [6.45, 7) is 3.52. The van der Waals surface area contributed by atoms with Crippen molar-refractivity contribution in [1.29, 1.82) is 0 Å². The minimum Gasteiger partial charge on any atom is -0.493 e. The molecule has 0 atom stereocenters. The fourth-order valence-corrected chi connectivity index (χ4v) is 2.43. The van der Waals surface area contributed by atoms with Crippen LogP contribution in [0, 0.1) is 0 Å². The lowest BCUT2D eigenvalue weighted by molar-refractivity contribution is 0.314. The first kappa shape index (κ1) is 15.2. The zero-order chi connectivity index (χ0) is 14.4. The van der Waals surface area contributed by atoms with Crippen LogP contribution in [0.15, 0.2) is 46.9 Å². The Balaban J connectivity index is 2.09. The maximum atomic E-state index is 5.98. The Morgan fingerprint density at radius 1 is 1.20 bits per heavy atom. The summed E-state index contributed by atoms with van der Waals surface area (Å²) < 4.78 is 6.81. The Morgan fingerprint density at radius 2 is 2.05 bits per heavy atom. The van der Waals surface area contributed by atoms with Crippen molar-refractivity contribution in [3.8, 4) is 5.75 Å². The molecule has 106 valence electrons. The summed E-state index contributed by atoms with van der Waals surface area (Å²) in [6.07, 6.45) is 0.997. The molecule has 2 aromatic rings. The molecule has 0 fully saturated rings. The Labute approximate surface area is 133 Å². The minimum absolute atomic E-state index is 0.693. The zero-order valence-corrected chi connectivity index (χ0v) is 13.7. The van der Waals surface area contributed by atoms with Crippen LogP contribution in [-0.4, -0.2) is 6.61 Å². The van der Waals surface area contributed by atoms with Crippen LogP contribution in [0.1, 0.15) is 18.9 Å². The van der Waals surface area contributed by atoms with Gasteiger partial charge < -0.3 is 10.1 Å². The van der Waals surface area contributed by atoms with E-state index in [4.69, 9.17) is 16.3 Å². The summed E-state index contributed by atoms with van der Waals surface area (Å²) in [7, 11) is 0. The number of rotatable bonds is 6. The summed E-state index contributed by atoms with van der Waals surface area (Å²) in [6, 6.07) is 13.8. The quantitative estimate of drug-likeness (QED) is 0.739. The number of halogens is 2. The molecule has 0 aliphatic heterocycles. The average molecular weight is 355 g/mol. The number of hydrogen-bond donors (Lipinski definition) is 1. The van der Waals surface area contributed by atoms with Gasteiger partial charge in [0.2, 0.25) is 0 Å². The Kier molecular flexibility index (Phi) is 5.74. The molecular formula is C16H17BrClNO. The highest BCUT2D eigenvalue weighted by molar-refractivity contribution is 9.10. The summed E-state index contributed by atoms with van der Waals surface area (Å²) >= 11 is 9.48. The van der Waals surface area contributed by atoms with Crippen molar-refractivity contribution in [2.75, 3.05) is 11.9 Å². The number of ether oxygens (including phenoxy) is 1. The van der Waals surface area contributed by atoms with Gasteiger partial charge in [0, 0.05) is 27.3 Å². The first-order chi connectivity index (χ1) is 9.69. The van der Waals surface area contributed by atoms with Gasteiger partial charge in [-0.1, -0.05) is 40.5 Å². The van der Waals surface area contributed by atoms with E-state index < -0.39 is 0 Å². The van der Waals surface area contributed by atoms with Crippen LogP contribution in [0.2, 0.25) is 5.02 Å². The molecule has 2 rings (SSSR count). The predicted molar refractivity (Wildman–Crippen MR) is 88.7 cm³/mol. The largest absolute Gasteiger partial charge is 0.493 e. The van der Waals surface area contributed by atoms with E-state index >= 15 is 0 Å². The molecule has 0 heterocycles. The van der Waals surface area contributed by atoms with Crippen LogP contribution in [0.4, 0.5) is 5.69 Å². The topological polar surface area (TPSA) is 21.3 Å². The summed E-state index contributed by atoms with van der Waals surface area (Å²) in [5, 5.41) is 4.09. The third-order valence-electron chi connectivity index (χ3n) is 2.79. The van der Waals surface area contributed by atoms with Crippen molar-refractivity contribution < 1.29 is 4.74 Å². The molecule has 2 nitrogen and oxygen atoms in total. The highest BCUT2D eigenvalue weighted by Crippen LogP contribution is 2.25. The highest BCUT2D eigenvalue weighted by Gasteiger charge is 2.05. The molecular weight excluding hydrogens is 338 g/mol. The minimum atomic E-state index is 0.693. The van der Waals surface area contributed by atoms with Crippen molar-refractivity contribution in [3.63, 3.8) is 0 Å². The lowest BCUT2D eigenvalue weighted by atomic mass is 10.2. The van der Waals surface area contributed by atoms with Gasteiger partial charge in [0.15, 0.2) is 0 Å². The van der Waals surface area contributed by atoms with Gasteiger partial charge in [-0.15, -0.1) is 0 Å². The van der Waals surface area contributed by atoms with E-state index in [1.807, 2.05) is 36.4 Å². The van der Waals surface area contributed by atoms with Crippen molar-refractivity contribution in [2.24, 2.45) is 0 Å². The van der Waals surface area contributed by atoms with Gasteiger partial charge in [0.25, 0.3) is 0 Å². The second-order valence-corrected chi connectivity index (χ2v) is 5.82. The number of anilines is 1. The lowest BCUT2D eigenvalue weighted by Crippen LogP contribution is -2.04. The van der Waals surface area contributed by atoms with Gasteiger partial charge in [-0.25, -0.2) is 0 Å². The van der Waals surface area contributed by atoms with Crippen LogP contribution in [0.5, 0.6) is 5.75 Å². The molecule has 0 bridgehead atoms. The number of benzene rings is 2. The standard InChI is InChI=1S/C16H17BrClNO/c1-2-8-20-16-7-6-13(17)9-12(16)11-19-15-5-3-4-14(18)10-15/h3-7,9-10,19H,2,8,11H2,1H3. The van der Waals surface area contributed by atoms with Crippen molar-refractivity contribution in [1.82, 2.24) is 0 Å². The zero-order valence-electron chi connectivity index (χ0n) is 11.3. The molecule has 20 heavy (non-hydrogen) atoms.